The molecule has 7 heteroatoms. The largest absolute Gasteiger partial charge is 0.493 e. The first-order valence-electron chi connectivity index (χ1n) is 13.2. The normalized spacial score (nSPS) is 26.4. The number of aromatic nitrogens is 1. The number of H-pyrrole nitrogens is 1. The third-order valence-electron chi connectivity index (χ3n) is 7.90. The summed E-state index contributed by atoms with van der Waals surface area (Å²) in [6.07, 6.45) is 6.27. The molecule has 1 amide bonds. The van der Waals surface area contributed by atoms with Crippen LogP contribution in [0.2, 0.25) is 0 Å². The van der Waals surface area contributed by atoms with Gasteiger partial charge in [0.15, 0.2) is 0 Å². The quantitative estimate of drug-likeness (QED) is 0.553. The number of piperidine rings is 2. The maximum absolute atomic E-state index is 13.0. The van der Waals surface area contributed by atoms with E-state index in [9.17, 15) is 9.90 Å². The number of rotatable bonds is 8. The lowest BCUT2D eigenvalue weighted by molar-refractivity contribution is 0.0284. The van der Waals surface area contributed by atoms with Gasteiger partial charge in [-0.1, -0.05) is 19.9 Å². The third kappa shape index (κ3) is 5.26. The molecule has 0 radical (unpaired) electrons. The average molecular weight is 469 g/mol. The van der Waals surface area contributed by atoms with Gasteiger partial charge >= 0.3 is 0 Å². The molecule has 3 aliphatic rings. The molecule has 0 spiro atoms. The predicted octanol–water partition coefficient (Wildman–Crippen LogP) is 3.38. The molecule has 3 fully saturated rings. The number of ether oxygens (including phenoxy) is 1. The topological polar surface area (TPSA) is 80.8 Å². The monoisotopic (exact) mass is 468 g/mol. The van der Waals surface area contributed by atoms with Crippen molar-refractivity contribution in [3.63, 3.8) is 0 Å². The van der Waals surface area contributed by atoms with Crippen LogP contribution in [0.3, 0.4) is 0 Å². The molecular weight excluding hydrogens is 428 g/mol. The molecule has 1 aromatic carbocycles. The Bertz CT molecular complexity index is 967. The summed E-state index contributed by atoms with van der Waals surface area (Å²) in [5.41, 5.74) is 1.53. The van der Waals surface area contributed by atoms with Gasteiger partial charge in [0.1, 0.15) is 11.4 Å². The van der Waals surface area contributed by atoms with E-state index in [1.165, 1.54) is 12.8 Å². The van der Waals surface area contributed by atoms with Crippen LogP contribution in [0.15, 0.2) is 24.3 Å². The number of hydrogen-bond donors (Lipinski definition) is 3. The highest BCUT2D eigenvalue weighted by atomic mass is 16.5. The lowest BCUT2D eigenvalue weighted by Crippen LogP contribution is -2.50. The van der Waals surface area contributed by atoms with Crippen molar-refractivity contribution in [1.29, 1.82) is 0 Å². The Labute approximate surface area is 202 Å². The Balaban J connectivity index is 1.10. The zero-order valence-electron chi connectivity index (χ0n) is 20.6. The molecule has 1 aromatic heterocycles. The number of fused-ring (bicyclic) bond motifs is 3. The third-order valence-corrected chi connectivity index (χ3v) is 7.90. The van der Waals surface area contributed by atoms with Gasteiger partial charge in [-0.05, 0) is 62.6 Å². The van der Waals surface area contributed by atoms with Crippen molar-refractivity contribution in [1.82, 2.24) is 20.1 Å². The smallest absolute Gasteiger partial charge is 0.267 e. The fourth-order valence-electron chi connectivity index (χ4n) is 6.06. The van der Waals surface area contributed by atoms with Crippen molar-refractivity contribution < 1.29 is 14.6 Å². The predicted molar refractivity (Wildman–Crippen MR) is 134 cm³/mol. The molecule has 3 saturated heterocycles. The maximum Gasteiger partial charge on any atom is 0.267 e. The van der Waals surface area contributed by atoms with E-state index in [-0.39, 0.29) is 18.1 Å². The number of benzene rings is 1. The van der Waals surface area contributed by atoms with Crippen LogP contribution in [0, 0.1) is 5.92 Å². The Hall–Kier alpha value is -2.09. The molecule has 7 nitrogen and oxygen atoms in total. The number of carbonyl (C=O) groups excluding carboxylic acids is 1. The first kappa shape index (κ1) is 23.6. The van der Waals surface area contributed by atoms with E-state index in [0.29, 0.717) is 30.3 Å². The molecule has 34 heavy (non-hydrogen) atoms. The molecule has 186 valence electrons. The van der Waals surface area contributed by atoms with E-state index in [0.717, 1.165) is 68.5 Å². The molecular formula is C27H40N4O3. The summed E-state index contributed by atoms with van der Waals surface area (Å²) in [7, 11) is 0. The van der Waals surface area contributed by atoms with E-state index in [1.54, 1.807) is 0 Å². The summed E-state index contributed by atoms with van der Waals surface area (Å²) in [6, 6.07) is 9.21. The van der Waals surface area contributed by atoms with Crippen LogP contribution in [0.1, 0.15) is 62.9 Å². The van der Waals surface area contributed by atoms with Crippen molar-refractivity contribution in [2.24, 2.45) is 5.92 Å². The minimum atomic E-state index is -0.0930. The first-order chi connectivity index (χ1) is 16.5. The summed E-state index contributed by atoms with van der Waals surface area (Å²) >= 11 is 0. The minimum absolute atomic E-state index is 0.0343. The number of nitrogens with zero attached hydrogens (tertiary/aromatic N) is 2. The molecule has 3 aliphatic heterocycles. The second-order valence-corrected chi connectivity index (χ2v) is 10.9. The summed E-state index contributed by atoms with van der Waals surface area (Å²) in [5, 5.41) is 14.2. The number of amides is 1. The van der Waals surface area contributed by atoms with Crippen molar-refractivity contribution >= 4 is 16.8 Å². The molecule has 3 N–H and O–H groups in total. The minimum Gasteiger partial charge on any atom is -0.493 e. The summed E-state index contributed by atoms with van der Waals surface area (Å²) in [5.74, 6) is 1.24. The fourth-order valence-corrected chi connectivity index (χ4v) is 6.06. The SMILES string of the molecule is CC(C)COc1cccc2[nH]c(C(=O)NC3CCN(CCN4[C@@H]5CC[C@H]4CC(O)C5)CC3)cc12. The van der Waals surface area contributed by atoms with Crippen molar-refractivity contribution in [3.8, 4) is 5.75 Å². The highest BCUT2D eigenvalue weighted by Gasteiger charge is 2.39. The van der Waals surface area contributed by atoms with Crippen molar-refractivity contribution in [2.75, 3.05) is 32.8 Å². The molecule has 5 rings (SSSR count). The van der Waals surface area contributed by atoms with Gasteiger partial charge in [0.2, 0.25) is 0 Å². The summed E-state index contributed by atoms with van der Waals surface area (Å²) in [4.78, 5) is 21.4. The van der Waals surface area contributed by atoms with Crippen LogP contribution in [-0.2, 0) is 0 Å². The molecule has 0 saturated carbocycles. The number of carbonyl (C=O) groups is 1. The van der Waals surface area contributed by atoms with Crippen LogP contribution in [0.4, 0.5) is 0 Å². The number of likely N-dealkylation sites (tertiary alicyclic amines) is 1. The second-order valence-electron chi connectivity index (χ2n) is 10.9. The first-order valence-corrected chi connectivity index (χ1v) is 13.2. The number of aliphatic hydroxyl groups is 1. The lowest BCUT2D eigenvalue weighted by Gasteiger charge is -2.39. The van der Waals surface area contributed by atoms with E-state index in [2.05, 4.69) is 33.9 Å². The maximum atomic E-state index is 13.0. The number of nitrogens with one attached hydrogen (secondary N) is 2. The average Bonchev–Trinajstić information content (AvgIpc) is 3.36. The van der Waals surface area contributed by atoms with Gasteiger partial charge in [0.05, 0.1) is 12.7 Å². The number of hydrogen-bond acceptors (Lipinski definition) is 5. The summed E-state index contributed by atoms with van der Waals surface area (Å²) < 4.78 is 5.95. The lowest BCUT2D eigenvalue weighted by atomic mass is 10.00. The Morgan fingerprint density at radius 1 is 1.15 bits per heavy atom. The van der Waals surface area contributed by atoms with Gasteiger partial charge in [0.25, 0.3) is 5.91 Å². The van der Waals surface area contributed by atoms with Crippen LogP contribution >= 0.6 is 0 Å². The van der Waals surface area contributed by atoms with Gasteiger partial charge in [-0.3, -0.25) is 9.69 Å². The highest BCUT2D eigenvalue weighted by Crippen LogP contribution is 2.35. The van der Waals surface area contributed by atoms with Crippen LogP contribution < -0.4 is 10.1 Å². The Morgan fingerprint density at radius 2 is 1.88 bits per heavy atom. The van der Waals surface area contributed by atoms with Gasteiger partial charge in [-0.2, -0.15) is 0 Å². The van der Waals surface area contributed by atoms with E-state index in [1.807, 2.05) is 24.3 Å². The highest BCUT2D eigenvalue weighted by molar-refractivity contribution is 5.99. The van der Waals surface area contributed by atoms with Crippen LogP contribution in [0.25, 0.3) is 10.9 Å². The van der Waals surface area contributed by atoms with Gasteiger partial charge in [-0.25, -0.2) is 0 Å². The second kappa shape index (κ2) is 10.3. The number of aliphatic hydroxyl groups excluding tert-OH is 1. The molecule has 3 atom stereocenters. The molecule has 2 bridgehead atoms. The van der Waals surface area contributed by atoms with Gasteiger partial charge in [0, 0.05) is 55.2 Å². The van der Waals surface area contributed by atoms with Crippen molar-refractivity contribution in [3.05, 3.63) is 30.0 Å². The molecule has 4 heterocycles. The Morgan fingerprint density at radius 3 is 2.59 bits per heavy atom. The number of aromatic amines is 1. The summed E-state index contributed by atoms with van der Waals surface area (Å²) in [6.45, 7) is 9.16. The Kier molecular flexibility index (Phi) is 7.14. The van der Waals surface area contributed by atoms with Crippen molar-refractivity contribution in [2.45, 2.75) is 76.6 Å². The van der Waals surface area contributed by atoms with E-state index >= 15 is 0 Å². The standard InChI is InChI=1S/C27H40N4O3/c1-18(2)17-34-26-5-3-4-24-23(26)16-25(29-24)27(33)28-19-8-10-30(11-9-19)12-13-31-20-6-7-21(31)15-22(32)14-20/h3-5,16,18-22,29,32H,6-15,17H2,1-2H3,(H,28,33)/t20-,21+,22?. The van der Waals surface area contributed by atoms with Gasteiger partial charge < -0.3 is 25.0 Å². The zero-order valence-corrected chi connectivity index (χ0v) is 20.6. The molecule has 0 aliphatic carbocycles. The van der Waals surface area contributed by atoms with Crippen LogP contribution in [0.5, 0.6) is 5.75 Å². The molecule has 2 aromatic rings. The zero-order chi connectivity index (χ0) is 23.7. The van der Waals surface area contributed by atoms with E-state index in [4.69, 9.17) is 4.74 Å². The van der Waals surface area contributed by atoms with E-state index < -0.39 is 0 Å². The fraction of sp³-hybridized carbons (Fsp3) is 0.667. The molecule has 1 unspecified atom stereocenters. The van der Waals surface area contributed by atoms with Crippen LogP contribution in [-0.4, -0.2) is 82.8 Å². The van der Waals surface area contributed by atoms with Gasteiger partial charge in [-0.15, -0.1) is 0 Å².